The third-order valence-corrected chi connectivity index (χ3v) is 4.67. The van der Waals surface area contributed by atoms with Gasteiger partial charge in [-0.25, -0.2) is 5.43 Å². The average molecular weight is 456 g/mol. The van der Waals surface area contributed by atoms with Crippen molar-refractivity contribution in [2.75, 3.05) is 14.2 Å². The maximum Gasteiger partial charge on any atom is 0.287 e. The predicted octanol–water partition coefficient (Wildman–Crippen LogP) is 4.18. The highest BCUT2D eigenvalue weighted by molar-refractivity contribution is 6.03. The zero-order valence-corrected chi connectivity index (χ0v) is 18.9. The van der Waals surface area contributed by atoms with Crippen LogP contribution < -0.4 is 20.2 Å². The molecule has 3 aromatic carbocycles. The van der Waals surface area contributed by atoms with Crippen LogP contribution in [0.1, 0.15) is 21.5 Å². The molecule has 7 nitrogen and oxygen atoms in total. The van der Waals surface area contributed by atoms with Crippen LogP contribution in [0.5, 0.6) is 11.5 Å². The quantitative estimate of drug-likeness (QED) is 0.219. The number of hydrogen-bond donors (Lipinski definition) is 2. The molecule has 0 spiro atoms. The van der Waals surface area contributed by atoms with Crippen LogP contribution in [0, 0.1) is 0 Å². The summed E-state index contributed by atoms with van der Waals surface area (Å²) in [5.41, 5.74) is 4.58. The molecule has 0 aliphatic carbocycles. The number of carbonyl (C=O) groups is 2. The highest BCUT2D eigenvalue weighted by atomic mass is 16.5. The molecule has 7 heteroatoms. The summed E-state index contributed by atoms with van der Waals surface area (Å²) in [5, 5.41) is 6.65. The molecule has 0 saturated carbocycles. The molecule has 0 atom stereocenters. The van der Waals surface area contributed by atoms with E-state index >= 15 is 0 Å². The molecule has 0 fully saturated rings. The van der Waals surface area contributed by atoms with E-state index in [0.717, 1.165) is 5.56 Å². The van der Waals surface area contributed by atoms with Crippen LogP contribution in [0.25, 0.3) is 6.08 Å². The van der Waals surface area contributed by atoms with Gasteiger partial charge in [-0.1, -0.05) is 60.7 Å². The van der Waals surface area contributed by atoms with E-state index < -0.39 is 11.8 Å². The van der Waals surface area contributed by atoms with Crippen molar-refractivity contribution in [3.05, 3.63) is 113 Å². The number of hydrazone groups is 1. The minimum absolute atomic E-state index is 0.0468. The summed E-state index contributed by atoms with van der Waals surface area (Å²) in [7, 11) is 3.09. The van der Waals surface area contributed by atoms with E-state index in [1.165, 1.54) is 19.4 Å². The van der Waals surface area contributed by atoms with Crippen LogP contribution in [0.15, 0.2) is 102 Å². The van der Waals surface area contributed by atoms with Gasteiger partial charge in [-0.2, -0.15) is 5.10 Å². The molecular formula is C27H25N3O4. The number of methoxy groups -OCH3 is 2. The van der Waals surface area contributed by atoms with Crippen molar-refractivity contribution in [2.45, 2.75) is 0 Å². The number of hydrogen-bond acceptors (Lipinski definition) is 5. The van der Waals surface area contributed by atoms with Crippen LogP contribution in [0.3, 0.4) is 0 Å². The Morgan fingerprint density at radius 2 is 1.50 bits per heavy atom. The number of amides is 2. The van der Waals surface area contributed by atoms with Gasteiger partial charge in [0.25, 0.3) is 11.8 Å². The van der Waals surface area contributed by atoms with Crippen molar-refractivity contribution in [3.63, 3.8) is 0 Å². The Labute approximate surface area is 198 Å². The summed E-state index contributed by atoms with van der Waals surface area (Å²) in [5.74, 6) is 0.153. The van der Waals surface area contributed by atoms with Crippen LogP contribution >= 0.6 is 0 Å². The van der Waals surface area contributed by atoms with Crippen LogP contribution in [0.4, 0.5) is 0 Å². The highest BCUT2D eigenvalue weighted by Gasteiger charge is 2.13. The maximum atomic E-state index is 12.8. The Morgan fingerprint density at radius 1 is 0.824 bits per heavy atom. The van der Waals surface area contributed by atoms with Crippen molar-refractivity contribution in [1.82, 2.24) is 10.7 Å². The first-order chi connectivity index (χ1) is 16.6. The Morgan fingerprint density at radius 3 is 2.18 bits per heavy atom. The zero-order chi connectivity index (χ0) is 24.2. The van der Waals surface area contributed by atoms with Crippen molar-refractivity contribution >= 4 is 24.1 Å². The lowest BCUT2D eigenvalue weighted by Gasteiger charge is -2.09. The van der Waals surface area contributed by atoms with E-state index in [1.54, 1.807) is 55.7 Å². The Kier molecular flexibility index (Phi) is 8.76. The normalized spacial score (nSPS) is 11.4. The van der Waals surface area contributed by atoms with Crippen LogP contribution in [-0.2, 0) is 4.79 Å². The second-order valence-corrected chi connectivity index (χ2v) is 6.98. The van der Waals surface area contributed by atoms with Crippen molar-refractivity contribution in [1.29, 1.82) is 0 Å². The molecule has 2 N–H and O–H groups in total. The molecule has 0 saturated heterocycles. The van der Waals surface area contributed by atoms with Gasteiger partial charge in [0.1, 0.15) is 5.70 Å². The van der Waals surface area contributed by atoms with Crippen molar-refractivity contribution in [2.24, 2.45) is 5.10 Å². The molecule has 0 aliphatic heterocycles. The topological polar surface area (TPSA) is 89.0 Å². The number of rotatable bonds is 9. The number of carbonyl (C=O) groups excluding carboxylic acids is 2. The zero-order valence-electron chi connectivity index (χ0n) is 18.9. The summed E-state index contributed by atoms with van der Waals surface area (Å²) >= 11 is 0. The summed E-state index contributed by atoms with van der Waals surface area (Å²) < 4.78 is 10.5. The van der Waals surface area contributed by atoms with E-state index in [4.69, 9.17) is 9.47 Å². The monoisotopic (exact) mass is 455 g/mol. The second-order valence-electron chi connectivity index (χ2n) is 6.98. The molecule has 0 aliphatic rings. The fourth-order valence-electron chi connectivity index (χ4n) is 2.94. The Balaban J connectivity index is 1.75. The molecule has 0 aromatic heterocycles. The summed E-state index contributed by atoms with van der Waals surface area (Å²) in [6.07, 6.45) is 6.51. The van der Waals surface area contributed by atoms with Crippen molar-refractivity contribution < 1.29 is 19.1 Å². The minimum atomic E-state index is -0.571. The first kappa shape index (κ1) is 24.0. The van der Waals surface area contributed by atoms with Gasteiger partial charge in [-0.15, -0.1) is 0 Å². The van der Waals surface area contributed by atoms with Crippen LogP contribution in [-0.4, -0.2) is 32.2 Å². The van der Waals surface area contributed by atoms with E-state index in [-0.39, 0.29) is 5.70 Å². The van der Waals surface area contributed by atoms with E-state index in [0.29, 0.717) is 22.6 Å². The van der Waals surface area contributed by atoms with Crippen LogP contribution in [0.2, 0.25) is 0 Å². The van der Waals surface area contributed by atoms with Gasteiger partial charge in [-0.05, 0) is 47.5 Å². The second kappa shape index (κ2) is 12.4. The predicted molar refractivity (Wildman–Crippen MR) is 133 cm³/mol. The molecule has 0 heterocycles. The lowest BCUT2D eigenvalue weighted by Crippen LogP contribution is -2.32. The molecule has 2 amide bonds. The number of ether oxygens (including phenoxy) is 2. The van der Waals surface area contributed by atoms with E-state index in [1.807, 2.05) is 42.5 Å². The number of nitrogens with one attached hydrogen (secondary N) is 2. The SMILES string of the molecule is COc1ccc(C=NNC(=O)C(=CC=Cc2ccccc2)NC(=O)c2ccccc2)cc1OC. The van der Waals surface area contributed by atoms with Gasteiger partial charge in [-0.3, -0.25) is 9.59 Å². The van der Waals surface area contributed by atoms with E-state index in [2.05, 4.69) is 15.8 Å². The largest absolute Gasteiger partial charge is 0.493 e. The van der Waals surface area contributed by atoms with Crippen molar-refractivity contribution in [3.8, 4) is 11.5 Å². The van der Waals surface area contributed by atoms with Gasteiger partial charge in [0.05, 0.1) is 20.4 Å². The Hall–Kier alpha value is -4.65. The smallest absolute Gasteiger partial charge is 0.287 e. The van der Waals surface area contributed by atoms with Gasteiger partial charge in [0.15, 0.2) is 11.5 Å². The highest BCUT2D eigenvalue weighted by Crippen LogP contribution is 2.26. The lowest BCUT2D eigenvalue weighted by molar-refractivity contribution is -0.117. The van der Waals surface area contributed by atoms with Gasteiger partial charge >= 0.3 is 0 Å². The molecule has 0 unspecified atom stereocenters. The number of nitrogens with zero attached hydrogens (tertiary/aromatic N) is 1. The summed E-state index contributed by atoms with van der Waals surface area (Å²) in [6, 6.07) is 23.5. The van der Waals surface area contributed by atoms with Gasteiger partial charge in [0.2, 0.25) is 0 Å². The van der Waals surface area contributed by atoms with E-state index in [9.17, 15) is 9.59 Å². The fourth-order valence-corrected chi connectivity index (χ4v) is 2.94. The first-order valence-electron chi connectivity index (χ1n) is 10.5. The third-order valence-electron chi connectivity index (χ3n) is 4.67. The minimum Gasteiger partial charge on any atom is -0.493 e. The summed E-state index contributed by atoms with van der Waals surface area (Å²) in [6.45, 7) is 0. The third kappa shape index (κ3) is 6.93. The van der Waals surface area contributed by atoms with Gasteiger partial charge < -0.3 is 14.8 Å². The molecule has 3 rings (SSSR count). The summed E-state index contributed by atoms with van der Waals surface area (Å²) in [4.78, 5) is 25.4. The fraction of sp³-hybridized carbons (Fsp3) is 0.0741. The molecule has 172 valence electrons. The molecule has 0 radical (unpaired) electrons. The molecule has 3 aromatic rings. The lowest BCUT2D eigenvalue weighted by atomic mass is 10.2. The molecule has 0 bridgehead atoms. The molecule has 34 heavy (non-hydrogen) atoms. The molecular weight excluding hydrogens is 430 g/mol. The maximum absolute atomic E-state index is 12.8. The van der Waals surface area contributed by atoms with Gasteiger partial charge in [0, 0.05) is 5.56 Å². The average Bonchev–Trinajstić information content (AvgIpc) is 2.89. The number of allylic oxidation sites excluding steroid dienone is 2. The number of benzene rings is 3. The first-order valence-corrected chi connectivity index (χ1v) is 10.5. The Bertz CT molecular complexity index is 1200. The standard InChI is InChI=1S/C27H25N3O4/c1-33-24-17-16-21(18-25(24)34-2)19-28-30-27(32)23(15-9-12-20-10-5-3-6-11-20)29-26(31)22-13-7-4-8-14-22/h3-19H,1-2H3,(H,29,31)(H,30,32).